The van der Waals surface area contributed by atoms with E-state index >= 15 is 0 Å². The molecule has 0 N–H and O–H groups in total. The molecule has 1 aliphatic heterocycles. The van der Waals surface area contributed by atoms with E-state index in [-0.39, 0.29) is 24.3 Å². The van der Waals surface area contributed by atoms with Crippen molar-refractivity contribution in [2.75, 3.05) is 26.8 Å². The molecular weight excluding hydrogens is 390 g/mol. The molecule has 1 saturated heterocycles. The first-order chi connectivity index (χ1) is 15.2. The van der Waals surface area contributed by atoms with Crippen LogP contribution in [0, 0.1) is 17.8 Å². The Balaban J connectivity index is 1.23. The summed E-state index contributed by atoms with van der Waals surface area (Å²) in [5.41, 5.74) is 0. The molecule has 0 aromatic heterocycles. The molecule has 4 rings (SSSR count). The monoisotopic (exact) mass is 435 g/mol. The summed E-state index contributed by atoms with van der Waals surface area (Å²) in [4.78, 5) is 15.6. The zero-order chi connectivity index (χ0) is 21.5. The molecule has 5 nitrogen and oxygen atoms in total. The van der Waals surface area contributed by atoms with Crippen molar-refractivity contribution in [3.63, 3.8) is 0 Å². The molecule has 0 bridgehead atoms. The lowest BCUT2D eigenvalue weighted by molar-refractivity contribution is -0.159. The summed E-state index contributed by atoms with van der Waals surface area (Å²) < 4.78 is 17.9. The van der Waals surface area contributed by atoms with Gasteiger partial charge in [0.2, 0.25) is 0 Å². The van der Waals surface area contributed by atoms with Crippen LogP contribution in [0.1, 0.15) is 96.3 Å². The van der Waals surface area contributed by atoms with Gasteiger partial charge >= 0.3 is 5.97 Å². The smallest absolute Gasteiger partial charge is 0.309 e. The Kier molecular flexibility index (Phi) is 9.09. The first kappa shape index (κ1) is 23.5. The molecule has 178 valence electrons. The van der Waals surface area contributed by atoms with Crippen molar-refractivity contribution < 1.29 is 19.0 Å². The van der Waals surface area contributed by atoms with E-state index in [9.17, 15) is 4.79 Å². The van der Waals surface area contributed by atoms with Crippen LogP contribution in [-0.4, -0.2) is 56.1 Å². The topological polar surface area (TPSA) is 48.0 Å². The number of likely N-dealkylation sites (N-methyl/N-ethyl adjacent to an activating group) is 1. The van der Waals surface area contributed by atoms with Gasteiger partial charge in [0.25, 0.3) is 0 Å². The highest BCUT2D eigenvalue weighted by Gasteiger charge is 2.38. The molecule has 4 fully saturated rings. The van der Waals surface area contributed by atoms with Gasteiger partial charge < -0.3 is 14.2 Å². The summed E-state index contributed by atoms with van der Waals surface area (Å²) in [5.74, 6) is 1.21. The van der Waals surface area contributed by atoms with Gasteiger partial charge in [0.05, 0.1) is 12.5 Å². The van der Waals surface area contributed by atoms with Crippen molar-refractivity contribution in [2.45, 2.75) is 115 Å². The van der Waals surface area contributed by atoms with E-state index in [1.54, 1.807) is 0 Å². The zero-order valence-corrected chi connectivity index (χ0v) is 19.8. The second-order valence-corrected chi connectivity index (χ2v) is 10.7. The van der Waals surface area contributed by atoms with Gasteiger partial charge in [-0.2, -0.15) is 0 Å². The maximum absolute atomic E-state index is 13.2. The molecule has 3 saturated carbocycles. The molecular formula is C26H45NO4. The molecule has 0 amide bonds. The van der Waals surface area contributed by atoms with Crippen molar-refractivity contribution in [1.82, 2.24) is 4.90 Å². The molecule has 2 unspecified atom stereocenters. The molecule has 0 aromatic carbocycles. The highest BCUT2D eigenvalue weighted by molar-refractivity contribution is 5.73. The highest BCUT2D eigenvalue weighted by atomic mass is 16.7. The quantitative estimate of drug-likeness (QED) is 0.483. The van der Waals surface area contributed by atoms with Gasteiger partial charge in [-0.05, 0) is 57.4 Å². The van der Waals surface area contributed by atoms with Gasteiger partial charge in [0.15, 0.2) is 6.29 Å². The molecule has 3 aliphatic carbocycles. The molecule has 5 heteroatoms. The van der Waals surface area contributed by atoms with E-state index in [0.29, 0.717) is 31.1 Å². The van der Waals surface area contributed by atoms with E-state index in [1.165, 1.54) is 96.3 Å². The van der Waals surface area contributed by atoms with Crippen LogP contribution in [0.4, 0.5) is 0 Å². The van der Waals surface area contributed by atoms with Crippen molar-refractivity contribution in [3.05, 3.63) is 0 Å². The van der Waals surface area contributed by atoms with Gasteiger partial charge in [-0.3, -0.25) is 9.69 Å². The number of rotatable bonds is 8. The summed E-state index contributed by atoms with van der Waals surface area (Å²) in [7, 11) is 2.19. The van der Waals surface area contributed by atoms with E-state index < -0.39 is 0 Å². The summed E-state index contributed by atoms with van der Waals surface area (Å²) in [6.45, 7) is 1.69. The molecule has 2 atom stereocenters. The molecule has 0 aromatic rings. The van der Waals surface area contributed by atoms with Crippen LogP contribution < -0.4 is 0 Å². The molecule has 0 radical (unpaired) electrons. The summed E-state index contributed by atoms with van der Waals surface area (Å²) >= 11 is 0. The van der Waals surface area contributed by atoms with Crippen molar-refractivity contribution in [1.29, 1.82) is 0 Å². The Bertz CT molecular complexity index is 520. The number of carbonyl (C=O) groups excluding carboxylic acids is 1. The summed E-state index contributed by atoms with van der Waals surface area (Å²) in [6.07, 6.45) is 18.9. The van der Waals surface area contributed by atoms with Crippen LogP contribution in [0.5, 0.6) is 0 Å². The third-order valence-electron chi connectivity index (χ3n) is 8.45. The zero-order valence-electron chi connectivity index (χ0n) is 19.8. The predicted molar refractivity (Wildman–Crippen MR) is 122 cm³/mol. The largest absolute Gasteiger partial charge is 0.463 e. The van der Waals surface area contributed by atoms with Crippen LogP contribution in [0.3, 0.4) is 0 Å². The fraction of sp³-hybridized carbons (Fsp3) is 0.962. The maximum atomic E-state index is 13.2. The number of hydrogen-bond acceptors (Lipinski definition) is 5. The Hall–Kier alpha value is -0.650. The summed E-state index contributed by atoms with van der Waals surface area (Å²) in [5, 5.41) is 0. The van der Waals surface area contributed by atoms with Crippen LogP contribution in [0.2, 0.25) is 0 Å². The van der Waals surface area contributed by atoms with Gasteiger partial charge in [-0.15, -0.1) is 0 Å². The Morgan fingerprint density at radius 1 is 0.871 bits per heavy atom. The number of nitrogens with zero attached hydrogens (tertiary/aromatic N) is 1. The van der Waals surface area contributed by atoms with Gasteiger partial charge in [-0.1, -0.05) is 57.8 Å². The lowest BCUT2D eigenvalue weighted by Gasteiger charge is -2.36. The SMILES string of the molecule is CN(CC1OCC(COC(=O)C(C2CCCCC2)C2CCCCC2)O1)C1CCCCC1. The van der Waals surface area contributed by atoms with Crippen LogP contribution in [-0.2, 0) is 19.0 Å². The second kappa shape index (κ2) is 12.0. The Labute approximate surface area is 189 Å². The standard InChI is InChI=1S/C26H45NO4/c1-27(22-15-9-4-10-16-22)17-24-29-18-23(31-24)19-30-26(28)25(20-11-5-2-6-12-20)21-13-7-3-8-14-21/h20-25H,2-19H2,1H3. The second-order valence-electron chi connectivity index (χ2n) is 10.7. The van der Waals surface area contributed by atoms with Gasteiger partial charge in [0.1, 0.15) is 12.7 Å². The predicted octanol–water partition coefficient (Wildman–Crippen LogP) is 5.31. The molecule has 1 heterocycles. The van der Waals surface area contributed by atoms with Crippen LogP contribution in [0.25, 0.3) is 0 Å². The third kappa shape index (κ3) is 6.68. The first-order valence-corrected chi connectivity index (χ1v) is 13.3. The Morgan fingerprint density at radius 2 is 1.42 bits per heavy atom. The lowest BCUT2D eigenvalue weighted by atomic mass is 9.69. The van der Waals surface area contributed by atoms with E-state index in [4.69, 9.17) is 14.2 Å². The fourth-order valence-corrected chi connectivity index (χ4v) is 6.62. The minimum Gasteiger partial charge on any atom is -0.463 e. The number of hydrogen-bond donors (Lipinski definition) is 0. The van der Waals surface area contributed by atoms with Gasteiger partial charge in [-0.25, -0.2) is 0 Å². The number of esters is 1. The van der Waals surface area contributed by atoms with Crippen LogP contribution in [0.15, 0.2) is 0 Å². The number of ether oxygens (including phenoxy) is 3. The minimum atomic E-state index is -0.192. The van der Waals surface area contributed by atoms with E-state index in [2.05, 4.69) is 11.9 Å². The highest BCUT2D eigenvalue weighted by Crippen LogP contribution is 2.40. The normalized spacial score (nSPS) is 29.6. The van der Waals surface area contributed by atoms with Crippen molar-refractivity contribution >= 4 is 5.97 Å². The first-order valence-electron chi connectivity index (χ1n) is 13.3. The fourth-order valence-electron chi connectivity index (χ4n) is 6.62. The van der Waals surface area contributed by atoms with Crippen molar-refractivity contribution in [2.24, 2.45) is 17.8 Å². The number of carbonyl (C=O) groups is 1. The van der Waals surface area contributed by atoms with E-state index in [0.717, 1.165) is 6.54 Å². The summed E-state index contributed by atoms with van der Waals surface area (Å²) in [6, 6.07) is 0.657. The third-order valence-corrected chi connectivity index (χ3v) is 8.45. The maximum Gasteiger partial charge on any atom is 0.309 e. The van der Waals surface area contributed by atoms with Gasteiger partial charge in [0, 0.05) is 12.6 Å². The average molecular weight is 436 g/mol. The van der Waals surface area contributed by atoms with Crippen molar-refractivity contribution in [3.8, 4) is 0 Å². The van der Waals surface area contributed by atoms with E-state index in [1.807, 2.05) is 0 Å². The minimum absolute atomic E-state index is 0.0465. The molecule has 0 spiro atoms. The lowest BCUT2D eigenvalue weighted by Crippen LogP contribution is -2.39. The molecule has 4 aliphatic rings. The van der Waals surface area contributed by atoms with Crippen LogP contribution >= 0.6 is 0 Å². The average Bonchev–Trinajstić information content (AvgIpc) is 3.27. The Morgan fingerprint density at radius 3 is 2.00 bits per heavy atom. The molecule has 31 heavy (non-hydrogen) atoms.